The maximum Gasteiger partial charge on any atom is 0.343 e. The molecule has 108 valence electrons. The van der Waals surface area contributed by atoms with Crippen LogP contribution in [0.3, 0.4) is 0 Å². The maximum atomic E-state index is 11.4. The molecular formula is C13H16Br2N4O. The molecule has 2 rings (SSSR count). The number of nitrogens with one attached hydrogen (secondary N) is 1. The Hall–Kier alpha value is -1.08. The summed E-state index contributed by atoms with van der Waals surface area (Å²) in [4.78, 5) is 17.1. The Balaban J connectivity index is 2.36. The quantitative estimate of drug-likeness (QED) is 0.601. The van der Waals surface area contributed by atoms with Crippen LogP contribution in [0.2, 0.25) is 0 Å². The molecule has 0 spiro atoms. The molecule has 7 heteroatoms. The van der Waals surface area contributed by atoms with Gasteiger partial charge in [0.2, 0.25) is 5.96 Å². The Bertz CT molecular complexity index is 523. The summed E-state index contributed by atoms with van der Waals surface area (Å²) in [6.45, 7) is 0.757. The zero-order chi connectivity index (χ0) is 14.7. The lowest BCUT2D eigenvalue weighted by molar-refractivity contribution is 0.251. The lowest BCUT2D eigenvalue weighted by Gasteiger charge is -2.25. The topological polar surface area (TPSA) is 70.7 Å². The third kappa shape index (κ3) is 3.73. The molecule has 1 saturated carbocycles. The molecule has 0 radical (unpaired) electrons. The van der Waals surface area contributed by atoms with E-state index in [1.165, 1.54) is 19.9 Å². The first-order chi connectivity index (χ1) is 9.52. The van der Waals surface area contributed by atoms with Crippen molar-refractivity contribution in [3.63, 3.8) is 0 Å². The Morgan fingerprint density at radius 3 is 2.55 bits per heavy atom. The Morgan fingerprint density at radius 1 is 1.45 bits per heavy atom. The number of hydrogen-bond donors (Lipinski definition) is 2. The van der Waals surface area contributed by atoms with Crippen molar-refractivity contribution in [1.29, 1.82) is 0 Å². The number of carbonyl (C=O) groups excluding carboxylic acids is 1. The van der Waals surface area contributed by atoms with E-state index in [1.807, 2.05) is 23.1 Å². The number of para-hydroxylation sites is 1. The molecule has 0 heterocycles. The second kappa shape index (κ2) is 6.58. The van der Waals surface area contributed by atoms with Gasteiger partial charge in [0.25, 0.3) is 0 Å². The number of aliphatic imine (C=N–C) groups is 1. The predicted octanol–water partition coefficient (Wildman–Crippen LogP) is 3.08. The van der Waals surface area contributed by atoms with Gasteiger partial charge in [0, 0.05) is 22.5 Å². The summed E-state index contributed by atoms with van der Waals surface area (Å²) in [6, 6.07) is 5.35. The Morgan fingerprint density at radius 2 is 2.05 bits per heavy atom. The molecule has 1 aliphatic carbocycles. The highest BCUT2D eigenvalue weighted by molar-refractivity contribution is 9.11. The lowest BCUT2D eigenvalue weighted by Crippen LogP contribution is -2.40. The molecule has 1 aromatic carbocycles. The fourth-order valence-corrected chi connectivity index (χ4v) is 3.25. The minimum absolute atomic E-state index is 0.198. The molecule has 0 aliphatic heterocycles. The molecule has 0 bridgehead atoms. The van der Waals surface area contributed by atoms with Crippen molar-refractivity contribution < 1.29 is 4.79 Å². The first kappa shape index (κ1) is 15.3. The summed E-state index contributed by atoms with van der Waals surface area (Å²) in [5.74, 6) is 0.802. The zero-order valence-corrected chi connectivity index (χ0v) is 14.2. The van der Waals surface area contributed by atoms with Gasteiger partial charge in [-0.05, 0) is 62.8 Å². The summed E-state index contributed by atoms with van der Waals surface area (Å²) >= 11 is 7.05. The van der Waals surface area contributed by atoms with E-state index in [9.17, 15) is 4.79 Å². The summed E-state index contributed by atoms with van der Waals surface area (Å²) in [5, 5.41) is 2.44. The molecule has 0 unspecified atom stereocenters. The van der Waals surface area contributed by atoms with Gasteiger partial charge in [-0.2, -0.15) is 4.99 Å². The van der Waals surface area contributed by atoms with Gasteiger partial charge in [-0.15, -0.1) is 0 Å². The monoisotopic (exact) mass is 402 g/mol. The van der Waals surface area contributed by atoms with Gasteiger partial charge in [-0.3, -0.25) is 0 Å². The highest BCUT2D eigenvalue weighted by Gasteiger charge is 2.28. The van der Waals surface area contributed by atoms with Gasteiger partial charge in [0.1, 0.15) is 0 Å². The summed E-state index contributed by atoms with van der Waals surface area (Å²) in [7, 11) is 1.53. The first-order valence-corrected chi connectivity index (χ1v) is 7.89. The minimum atomic E-state index is -0.452. The van der Waals surface area contributed by atoms with Gasteiger partial charge in [-0.1, -0.05) is 6.07 Å². The summed E-state index contributed by atoms with van der Waals surface area (Å²) in [6.07, 6.45) is 2.37. The molecule has 0 aromatic heterocycles. The number of amides is 2. The predicted molar refractivity (Wildman–Crippen MR) is 88.0 cm³/mol. The van der Waals surface area contributed by atoms with Crippen LogP contribution in [0.15, 0.2) is 32.1 Å². The Labute approximate surface area is 134 Å². The summed E-state index contributed by atoms with van der Waals surface area (Å²) < 4.78 is 1.81. The first-order valence-electron chi connectivity index (χ1n) is 6.30. The second-order valence-corrected chi connectivity index (χ2v) is 6.36. The fraction of sp³-hybridized carbons (Fsp3) is 0.385. The average molecular weight is 404 g/mol. The summed E-state index contributed by atoms with van der Waals surface area (Å²) in [5.41, 5.74) is 6.91. The molecule has 1 aromatic rings. The van der Waals surface area contributed by atoms with Crippen molar-refractivity contribution in [2.75, 3.05) is 18.5 Å². The van der Waals surface area contributed by atoms with Crippen LogP contribution in [0.4, 0.5) is 10.5 Å². The van der Waals surface area contributed by atoms with Crippen LogP contribution in [-0.2, 0) is 0 Å². The standard InChI is InChI=1S/C13H16Br2N4O/c1-17-13(20)18-12(16)19(7-8-5-6-8)11-9(14)3-2-4-10(11)15/h2-4,8H,5-7H2,1H3,(H3,16,17,18,20). The van der Waals surface area contributed by atoms with E-state index in [0.29, 0.717) is 5.92 Å². The Kier molecular flexibility index (Phi) is 5.04. The van der Waals surface area contributed by atoms with Crippen molar-refractivity contribution in [2.24, 2.45) is 16.6 Å². The van der Waals surface area contributed by atoms with Crippen molar-refractivity contribution >= 4 is 49.5 Å². The van der Waals surface area contributed by atoms with Crippen molar-refractivity contribution in [2.45, 2.75) is 12.8 Å². The van der Waals surface area contributed by atoms with Crippen molar-refractivity contribution in [3.05, 3.63) is 27.1 Å². The van der Waals surface area contributed by atoms with Gasteiger partial charge in [0.15, 0.2) is 0 Å². The van der Waals surface area contributed by atoms with Crippen LogP contribution in [0.1, 0.15) is 12.8 Å². The fourth-order valence-electron chi connectivity index (χ4n) is 1.83. The zero-order valence-electron chi connectivity index (χ0n) is 11.1. The number of halogens is 2. The molecule has 5 nitrogen and oxygen atoms in total. The molecule has 20 heavy (non-hydrogen) atoms. The van der Waals surface area contributed by atoms with Crippen molar-refractivity contribution in [3.8, 4) is 0 Å². The van der Waals surface area contributed by atoms with E-state index >= 15 is 0 Å². The maximum absolute atomic E-state index is 11.4. The number of nitrogens with zero attached hydrogens (tertiary/aromatic N) is 2. The van der Waals surface area contributed by atoms with E-state index in [4.69, 9.17) is 5.73 Å². The molecule has 1 aliphatic rings. The third-order valence-electron chi connectivity index (χ3n) is 3.05. The molecule has 0 saturated heterocycles. The van der Waals surface area contributed by atoms with Gasteiger partial charge < -0.3 is 16.0 Å². The molecule has 2 amide bonds. The van der Waals surface area contributed by atoms with E-state index in [0.717, 1.165) is 21.2 Å². The number of guanidine groups is 1. The number of nitrogens with two attached hydrogens (primary N) is 1. The third-order valence-corrected chi connectivity index (χ3v) is 4.33. The number of benzene rings is 1. The van der Waals surface area contributed by atoms with Crippen LogP contribution < -0.4 is 16.0 Å². The average Bonchev–Trinajstić information content (AvgIpc) is 3.21. The van der Waals surface area contributed by atoms with Gasteiger partial charge in [-0.25, -0.2) is 4.79 Å². The normalized spacial score (nSPS) is 15.1. The number of carbonyl (C=O) groups is 1. The SMILES string of the molecule is CNC(=O)N=C(N)N(CC1CC1)c1c(Br)cccc1Br. The van der Waals surface area contributed by atoms with Gasteiger partial charge in [0.05, 0.1) is 5.69 Å². The van der Waals surface area contributed by atoms with E-state index in [-0.39, 0.29) is 5.96 Å². The van der Waals surface area contributed by atoms with E-state index in [1.54, 1.807) is 0 Å². The number of urea groups is 1. The molecule has 3 N–H and O–H groups in total. The van der Waals surface area contributed by atoms with Crippen molar-refractivity contribution in [1.82, 2.24) is 5.32 Å². The largest absolute Gasteiger partial charge is 0.369 e. The number of anilines is 1. The second-order valence-electron chi connectivity index (χ2n) is 4.65. The van der Waals surface area contributed by atoms with E-state index in [2.05, 4.69) is 42.2 Å². The van der Waals surface area contributed by atoms with Crippen LogP contribution in [0.25, 0.3) is 0 Å². The smallest absolute Gasteiger partial charge is 0.343 e. The van der Waals surface area contributed by atoms with Crippen LogP contribution in [-0.4, -0.2) is 25.6 Å². The molecule has 1 fully saturated rings. The molecule has 0 atom stereocenters. The van der Waals surface area contributed by atoms with E-state index < -0.39 is 6.03 Å². The highest BCUT2D eigenvalue weighted by atomic mass is 79.9. The highest BCUT2D eigenvalue weighted by Crippen LogP contribution is 2.37. The minimum Gasteiger partial charge on any atom is -0.369 e. The molecular weight excluding hydrogens is 388 g/mol. The van der Waals surface area contributed by atoms with Crippen LogP contribution >= 0.6 is 31.9 Å². The van der Waals surface area contributed by atoms with Gasteiger partial charge >= 0.3 is 6.03 Å². The lowest BCUT2D eigenvalue weighted by atomic mass is 10.2. The van der Waals surface area contributed by atoms with Crippen LogP contribution in [0, 0.1) is 5.92 Å². The van der Waals surface area contributed by atoms with Crippen LogP contribution in [0.5, 0.6) is 0 Å². The number of rotatable bonds is 3. The number of hydrogen-bond acceptors (Lipinski definition) is 1.